The quantitative estimate of drug-likeness (QED) is 0.302. The molecule has 1 aliphatic rings. The van der Waals surface area contributed by atoms with Gasteiger partial charge in [0.1, 0.15) is 5.69 Å². The van der Waals surface area contributed by atoms with Gasteiger partial charge in [0.25, 0.3) is 5.91 Å². The first kappa shape index (κ1) is 27.5. The fourth-order valence-electron chi connectivity index (χ4n) is 3.88. The molecule has 3 aromatic rings. The van der Waals surface area contributed by atoms with Gasteiger partial charge in [-0.2, -0.15) is 5.26 Å². The van der Waals surface area contributed by atoms with Gasteiger partial charge in [0, 0.05) is 49.2 Å². The predicted octanol–water partition coefficient (Wildman–Crippen LogP) is 2.84. The third-order valence-corrected chi connectivity index (χ3v) is 5.89. The summed E-state index contributed by atoms with van der Waals surface area (Å²) in [6.07, 6.45) is 0.691. The van der Waals surface area contributed by atoms with E-state index < -0.39 is 5.91 Å². The molecule has 0 radical (unpaired) electrons. The Bertz CT molecular complexity index is 1290. The van der Waals surface area contributed by atoms with Crippen molar-refractivity contribution in [1.82, 2.24) is 15.2 Å². The summed E-state index contributed by atoms with van der Waals surface area (Å²) in [5.41, 5.74) is 8.46. The minimum absolute atomic E-state index is 0.193. The van der Waals surface area contributed by atoms with E-state index in [1.54, 1.807) is 30.3 Å². The number of primary amides is 1. The minimum Gasteiger partial charge on any atom is -0.379 e. The van der Waals surface area contributed by atoms with Crippen LogP contribution in [0.5, 0.6) is 0 Å². The van der Waals surface area contributed by atoms with Crippen LogP contribution in [-0.4, -0.2) is 75.1 Å². The number of ether oxygens (including phenoxy) is 1. The van der Waals surface area contributed by atoms with E-state index in [9.17, 15) is 9.59 Å². The molecule has 0 unspecified atom stereocenters. The van der Waals surface area contributed by atoms with Crippen LogP contribution in [0.4, 0.5) is 5.69 Å². The van der Waals surface area contributed by atoms with E-state index in [-0.39, 0.29) is 6.54 Å². The number of likely N-dealkylation sites (N-methyl/N-ethyl adjacent to an activating group) is 1. The smallest absolute Gasteiger partial charge is 0.250 e. The van der Waals surface area contributed by atoms with Crippen LogP contribution in [0, 0.1) is 11.3 Å². The Morgan fingerprint density at radius 3 is 2.68 bits per heavy atom. The summed E-state index contributed by atoms with van der Waals surface area (Å²) in [7, 11) is 1.99. The van der Waals surface area contributed by atoms with Crippen LogP contribution < -0.4 is 16.4 Å². The maximum Gasteiger partial charge on any atom is 0.250 e. The molecule has 0 bridgehead atoms. The average molecular weight is 501 g/mol. The summed E-state index contributed by atoms with van der Waals surface area (Å²) in [6.45, 7) is 10.1. The van der Waals surface area contributed by atoms with Gasteiger partial charge in [-0.3, -0.25) is 14.5 Å². The number of hydrogen-bond donors (Lipinski definition) is 3. The topological polar surface area (TPSA) is 133 Å². The lowest BCUT2D eigenvalue weighted by molar-refractivity contribution is 0.0386. The molecule has 0 saturated carbocycles. The summed E-state index contributed by atoms with van der Waals surface area (Å²) < 4.78 is 5.22. The maximum atomic E-state index is 11.9. The third kappa shape index (κ3) is 7.69. The number of fused-ring (bicyclic) bond motifs is 1. The van der Waals surface area contributed by atoms with Crippen molar-refractivity contribution >= 4 is 28.7 Å². The number of hydrogen-bond acceptors (Lipinski definition) is 8. The monoisotopic (exact) mass is 500 g/mol. The Kier molecular flexibility index (Phi) is 10.3. The van der Waals surface area contributed by atoms with E-state index in [4.69, 9.17) is 15.7 Å². The lowest BCUT2D eigenvalue weighted by Crippen LogP contribution is -2.39. The van der Waals surface area contributed by atoms with Gasteiger partial charge < -0.3 is 21.1 Å². The van der Waals surface area contributed by atoms with Crippen LogP contribution in [0.1, 0.15) is 20.8 Å². The van der Waals surface area contributed by atoms with Crippen molar-refractivity contribution in [2.45, 2.75) is 0 Å². The van der Waals surface area contributed by atoms with E-state index in [0.717, 1.165) is 55.7 Å². The fraction of sp³-hybridized carbons (Fsp3) is 0.286. The number of nitrogens with one attached hydrogen (secondary N) is 2. The average Bonchev–Trinajstić information content (AvgIpc) is 2.95. The lowest BCUT2D eigenvalue weighted by atomic mass is 9.99. The van der Waals surface area contributed by atoms with Crippen molar-refractivity contribution in [1.29, 1.82) is 5.26 Å². The van der Waals surface area contributed by atoms with Crippen LogP contribution in [0.3, 0.4) is 0 Å². The molecule has 37 heavy (non-hydrogen) atoms. The highest BCUT2D eigenvalue weighted by molar-refractivity contribution is 6.08. The van der Waals surface area contributed by atoms with Gasteiger partial charge in [-0.1, -0.05) is 30.8 Å². The number of nitrogens with two attached hydrogens (primary N) is 1. The summed E-state index contributed by atoms with van der Waals surface area (Å²) in [5.74, 6) is -0.576. The van der Waals surface area contributed by atoms with Crippen molar-refractivity contribution in [2.24, 2.45) is 5.73 Å². The number of pyridine rings is 1. The number of morpholine rings is 1. The minimum atomic E-state index is -0.576. The highest BCUT2D eigenvalue weighted by Crippen LogP contribution is 2.31. The largest absolute Gasteiger partial charge is 0.379 e. The zero-order valence-electron chi connectivity index (χ0n) is 21.0. The van der Waals surface area contributed by atoms with Gasteiger partial charge >= 0.3 is 0 Å². The van der Waals surface area contributed by atoms with Gasteiger partial charge in [-0.15, -0.1) is 0 Å². The van der Waals surface area contributed by atoms with Crippen LogP contribution in [0.25, 0.3) is 22.0 Å². The predicted molar refractivity (Wildman–Crippen MR) is 146 cm³/mol. The zero-order valence-corrected chi connectivity index (χ0v) is 21.0. The van der Waals surface area contributed by atoms with Crippen molar-refractivity contribution in [3.63, 3.8) is 0 Å². The summed E-state index contributed by atoms with van der Waals surface area (Å²) in [6, 6.07) is 16.3. The first-order valence-electron chi connectivity index (χ1n) is 12.0. The number of nitrogens with zero attached hydrogens (tertiary/aromatic N) is 3. The Morgan fingerprint density at radius 1 is 1.24 bits per heavy atom. The van der Waals surface area contributed by atoms with Gasteiger partial charge in [-0.25, -0.2) is 4.98 Å². The van der Waals surface area contributed by atoms with E-state index >= 15 is 0 Å². The van der Waals surface area contributed by atoms with Gasteiger partial charge in [0.05, 0.1) is 36.2 Å². The number of benzene rings is 2. The Labute approximate surface area is 216 Å². The van der Waals surface area contributed by atoms with Gasteiger partial charge in [0.15, 0.2) is 6.29 Å². The summed E-state index contributed by atoms with van der Waals surface area (Å²) in [5, 5.41) is 16.8. The molecule has 9 heteroatoms. The van der Waals surface area contributed by atoms with Crippen molar-refractivity contribution in [3.8, 4) is 17.3 Å². The molecule has 9 nitrogen and oxygen atoms in total. The number of nitriles is 1. The Hall–Kier alpha value is -4.10. The maximum absolute atomic E-state index is 11.9. The van der Waals surface area contributed by atoms with Crippen LogP contribution in [-0.2, 0) is 4.74 Å². The van der Waals surface area contributed by atoms with E-state index in [1.165, 1.54) is 0 Å². The van der Waals surface area contributed by atoms with Crippen LogP contribution in [0.15, 0.2) is 60.7 Å². The van der Waals surface area contributed by atoms with E-state index in [0.29, 0.717) is 34.5 Å². The number of anilines is 1. The molecule has 0 aliphatic carbocycles. The Balaban J connectivity index is 0.000000319. The van der Waals surface area contributed by atoms with Crippen molar-refractivity contribution in [2.75, 3.05) is 58.3 Å². The molecule has 4 N–H and O–H groups in total. The molecule has 1 aromatic heterocycles. The summed E-state index contributed by atoms with van der Waals surface area (Å²) >= 11 is 0. The number of rotatable bonds is 9. The van der Waals surface area contributed by atoms with Gasteiger partial charge in [0.2, 0.25) is 0 Å². The summed E-state index contributed by atoms with van der Waals surface area (Å²) in [4.78, 5) is 29.6. The molecule has 1 amide bonds. The fourth-order valence-corrected chi connectivity index (χ4v) is 3.88. The second-order valence-corrected chi connectivity index (χ2v) is 8.48. The van der Waals surface area contributed by atoms with E-state index in [1.807, 2.05) is 31.3 Å². The molecule has 1 fully saturated rings. The number of aromatic nitrogens is 1. The normalized spacial score (nSPS) is 13.2. The molecule has 0 spiro atoms. The standard InChI is InChI=1S/C21H16N4O2.C7H16N2O/c1-13(10-22)11-24-20-17(21(23)27)8-7-14-5-6-15(9-18(14)20)19-4-2-3-16(12-26)25-19;1-8-2-3-9-4-6-10-7-5-9/h2-9,12,24H,1,11H2,(H2,23,27);8H,2-7H2,1H3. The SMILES string of the molecule is C=C(C#N)CNc1c(C(N)=O)ccc2ccc(-c3cccc(C=O)n3)cc12.CNCCN1CCOCC1. The number of carbonyl (C=O) groups is 2. The second kappa shape index (κ2) is 13.8. The van der Waals surface area contributed by atoms with Crippen molar-refractivity contribution in [3.05, 3.63) is 71.9 Å². The van der Waals surface area contributed by atoms with Crippen molar-refractivity contribution < 1.29 is 14.3 Å². The molecule has 2 heterocycles. The molecule has 192 valence electrons. The molecule has 0 atom stereocenters. The van der Waals surface area contributed by atoms with Crippen LogP contribution >= 0.6 is 0 Å². The number of amides is 1. The highest BCUT2D eigenvalue weighted by Gasteiger charge is 2.14. The molecule has 1 aliphatic heterocycles. The molecular formula is C28H32N6O3. The number of aldehydes is 1. The second-order valence-electron chi connectivity index (χ2n) is 8.48. The number of carbonyl (C=O) groups excluding carboxylic acids is 2. The highest BCUT2D eigenvalue weighted by atomic mass is 16.5. The third-order valence-electron chi connectivity index (χ3n) is 5.89. The molecule has 4 rings (SSSR count). The first-order valence-corrected chi connectivity index (χ1v) is 12.0. The Morgan fingerprint density at radius 2 is 2.00 bits per heavy atom. The zero-order chi connectivity index (χ0) is 26.6. The first-order chi connectivity index (χ1) is 18.0. The van der Waals surface area contributed by atoms with Crippen LogP contribution in [0.2, 0.25) is 0 Å². The molecule has 1 saturated heterocycles. The molecule has 2 aromatic carbocycles. The van der Waals surface area contributed by atoms with E-state index in [2.05, 4.69) is 27.1 Å². The lowest BCUT2D eigenvalue weighted by Gasteiger charge is -2.26. The molecular weight excluding hydrogens is 468 g/mol. The van der Waals surface area contributed by atoms with Gasteiger partial charge in [-0.05, 0) is 36.7 Å².